The Bertz CT molecular complexity index is 308. The maximum absolute atomic E-state index is 5.11. The van der Waals surface area contributed by atoms with E-state index in [4.69, 9.17) is 12.2 Å². The maximum Gasteiger partial charge on any atom is 0.170 e. The van der Waals surface area contributed by atoms with Crippen molar-refractivity contribution in [1.29, 1.82) is 0 Å². The van der Waals surface area contributed by atoms with E-state index in [1.165, 1.54) is 0 Å². The molecule has 2 N–H and O–H groups in total. The molecule has 0 aliphatic carbocycles. The van der Waals surface area contributed by atoms with Crippen LogP contribution in [0.3, 0.4) is 0 Å². The lowest BCUT2D eigenvalue weighted by Gasteiger charge is -2.12. The second-order valence-electron chi connectivity index (χ2n) is 3.26. The van der Waals surface area contributed by atoms with Crippen LogP contribution < -0.4 is 10.6 Å². The minimum Gasteiger partial charge on any atom is -0.360 e. The predicted molar refractivity (Wildman–Crippen MR) is 68.6 cm³/mol. The van der Waals surface area contributed by atoms with Gasteiger partial charge in [0, 0.05) is 16.2 Å². The fourth-order valence-corrected chi connectivity index (χ4v) is 1.58. The molecular formula is C10H13BrN2S. The van der Waals surface area contributed by atoms with E-state index in [2.05, 4.69) is 40.4 Å². The average molecular weight is 273 g/mol. The largest absolute Gasteiger partial charge is 0.360 e. The van der Waals surface area contributed by atoms with Crippen molar-refractivity contribution in [3.63, 3.8) is 0 Å². The topological polar surface area (TPSA) is 24.1 Å². The van der Waals surface area contributed by atoms with Crippen LogP contribution in [-0.2, 0) is 0 Å². The van der Waals surface area contributed by atoms with Crippen LogP contribution in [0.4, 0.5) is 5.69 Å². The summed E-state index contributed by atoms with van der Waals surface area (Å²) >= 11 is 8.49. The summed E-state index contributed by atoms with van der Waals surface area (Å²) in [6, 6.07) is 8.24. The molecule has 0 atom stereocenters. The van der Waals surface area contributed by atoms with Crippen molar-refractivity contribution < 1.29 is 0 Å². The van der Waals surface area contributed by atoms with Crippen molar-refractivity contribution in [2.45, 2.75) is 19.9 Å². The second kappa shape index (κ2) is 5.32. The number of benzene rings is 1. The van der Waals surface area contributed by atoms with Crippen molar-refractivity contribution in [3.05, 3.63) is 28.7 Å². The molecule has 0 aliphatic rings. The summed E-state index contributed by atoms with van der Waals surface area (Å²) in [6.45, 7) is 4.10. The van der Waals surface area contributed by atoms with E-state index in [9.17, 15) is 0 Å². The maximum atomic E-state index is 5.11. The number of nitrogens with one attached hydrogen (secondary N) is 2. The smallest absolute Gasteiger partial charge is 0.170 e. The standard InChI is InChI=1S/C10H13BrN2S/c1-7(2)12-10(14)13-9-5-3-8(11)4-6-9/h3-7H,1-2H3,(H2,12,13,14). The van der Waals surface area contributed by atoms with Gasteiger partial charge < -0.3 is 10.6 Å². The Labute approximate surface area is 98.2 Å². The number of hydrogen-bond acceptors (Lipinski definition) is 1. The van der Waals surface area contributed by atoms with Crippen LogP contribution in [0.15, 0.2) is 28.7 Å². The third-order valence-electron chi connectivity index (χ3n) is 1.52. The van der Waals surface area contributed by atoms with Crippen LogP contribution in [-0.4, -0.2) is 11.2 Å². The second-order valence-corrected chi connectivity index (χ2v) is 4.58. The zero-order chi connectivity index (χ0) is 10.6. The molecule has 0 heterocycles. The van der Waals surface area contributed by atoms with Gasteiger partial charge >= 0.3 is 0 Å². The van der Waals surface area contributed by atoms with E-state index < -0.39 is 0 Å². The fourth-order valence-electron chi connectivity index (χ4n) is 0.963. The third-order valence-corrected chi connectivity index (χ3v) is 2.27. The molecule has 76 valence electrons. The van der Waals surface area contributed by atoms with Crippen molar-refractivity contribution in [2.24, 2.45) is 0 Å². The molecule has 14 heavy (non-hydrogen) atoms. The number of halogens is 1. The molecule has 0 unspecified atom stereocenters. The van der Waals surface area contributed by atoms with Crippen LogP contribution in [0, 0.1) is 0 Å². The summed E-state index contributed by atoms with van der Waals surface area (Å²) in [5.74, 6) is 0. The lowest BCUT2D eigenvalue weighted by atomic mass is 10.3. The Hall–Kier alpha value is -0.610. The molecule has 0 saturated heterocycles. The molecular weight excluding hydrogens is 260 g/mol. The minimum atomic E-state index is 0.352. The summed E-state index contributed by atoms with van der Waals surface area (Å²) in [5, 5.41) is 6.87. The Kier molecular flexibility index (Phi) is 4.35. The highest BCUT2D eigenvalue weighted by atomic mass is 79.9. The summed E-state index contributed by atoms with van der Waals surface area (Å²) in [6.07, 6.45) is 0. The van der Waals surface area contributed by atoms with Crippen molar-refractivity contribution in [3.8, 4) is 0 Å². The molecule has 0 bridgehead atoms. The van der Waals surface area contributed by atoms with E-state index in [1.54, 1.807) is 0 Å². The summed E-state index contributed by atoms with van der Waals surface area (Å²) < 4.78 is 1.06. The van der Waals surface area contributed by atoms with Gasteiger partial charge in [-0.2, -0.15) is 0 Å². The van der Waals surface area contributed by atoms with E-state index >= 15 is 0 Å². The Balaban J connectivity index is 2.52. The van der Waals surface area contributed by atoms with Crippen LogP contribution in [0.1, 0.15) is 13.8 Å². The van der Waals surface area contributed by atoms with Gasteiger partial charge in [-0.15, -0.1) is 0 Å². The van der Waals surface area contributed by atoms with Crippen LogP contribution in [0.5, 0.6) is 0 Å². The lowest BCUT2D eigenvalue weighted by Crippen LogP contribution is -2.33. The minimum absolute atomic E-state index is 0.352. The average Bonchev–Trinajstić information content (AvgIpc) is 2.07. The van der Waals surface area contributed by atoms with Crippen LogP contribution in [0.25, 0.3) is 0 Å². The van der Waals surface area contributed by atoms with Gasteiger partial charge in [-0.05, 0) is 50.3 Å². The highest BCUT2D eigenvalue weighted by Gasteiger charge is 1.98. The number of thiocarbonyl (C=S) groups is 1. The molecule has 0 aliphatic heterocycles. The van der Waals surface area contributed by atoms with Gasteiger partial charge in [0.1, 0.15) is 0 Å². The van der Waals surface area contributed by atoms with E-state index in [0.29, 0.717) is 11.2 Å². The van der Waals surface area contributed by atoms with Gasteiger partial charge in [-0.3, -0.25) is 0 Å². The molecule has 1 rings (SSSR count). The van der Waals surface area contributed by atoms with Gasteiger partial charge in [0.15, 0.2) is 5.11 Å². The fraction of sp³-hybridized carbons (Fsp3) is 0.300. The predicted octanol–water partition coefficient (Wildman–Crippen LogP) is 3.14. The molecule has 0 amide bonds. The van der Waals surface area contributed by atoms with E-state index in [0.717, 1.165) is 10.2 Å². The SMILES string of the molecule is CC(C)NC(=S)Nc1ccc(Br)cc1. The van der Waals surface area contributed by atoms with Gasteiger partial charge in [0.05, 0.1) is 0 Å². The third kappa shape index (κ3) is 4.07. The number of rotatable bonds is 2. The first-order valence-corrected chi connectivity index (χ1v) is 5.61. The van der Waals surface area contributed by atoms with Crippen LogP contribution >= 0.6 is 28.1 Å². The molecule has 1 aromatic carbocycles. The summed E-state index contributed by atoms with van der Waals surface area (Å²) in [7, 11) is 0. The monoisotopic (exact) mass is 272 g/mol. The first kappa shape index (κ1) is 11.5. The van der Waals surface area contributed by atoms with Gasteiger partial charge in [0.2, 0.25) is 0 Å². The molecule has 0 fully saturated rings. The van der Waals surface area contributed by atoms with Gasteiger partial charge in [-0.1, -0.05) is 15.9 Å². The first-order chi connectivity index (χ1) is 6.58. The normalized spacial score (nSPS) is 10.0. The van der Waals surface area contributed by atoms with Crippen molar-refractivity contribution in [2.75, 3.05) is 5.32 Å². The zero-order valence-electron chi connectivity index (χ0n) is 8.17. The molecule has 0 radical (unpaired) electrons. The molecule has 0 spiro atoms. The zero-order valence-corrected chi connectivity index (χ0v) is 10.6. The Morgan fingerprint density at radius 2 is 1.86 bits per heavy atom. The van der Waals surface area contributed by atoms with E-state index in [1.807, 2.05) is 24.3 Å². The Morgan fingerprint density at radius 1 is 1.29 bits per heavy atom. The van der Waals surface area contributed by atoms with Crippen molar-refractivity contribution >= 4 is 38.9 Å². The highest BCUT2D eigenvalue weighted by molar-refractivity contribution is 9.10. The molecule has 0 saturated carbocycles. The van der Waals surface area contributed by atoms with E-state index in [-0.39, 0.29) is 0 Å². The first-order valence-electron chi connectivity index (χ1n) is 4.41. The molecule has 0 aromatic heterocycles. The molecule has 4 heteroatoms. The summed E-state index contributed by atoms with van der Waals surface area (Å²) in [4.78, 5) is 0. The van der Waals surface area contributed by atoms with Gasteiger partial charge in [-0.25, -0.2) is 0 Å². The Morgan fingerprint density at radius 3 is 2.36 bits per heavy atom. The van der Waals surface area contributed by atoms with Crippen molar-refractivity contribution in [1.82, 2.24) is 5.32 Å². The summed E-state index contributed by atoms with van der Waals surface area (Å²) in [5.41, 5.74) is 0.992. The quantitative estimate of drug-likeness (QED) is 0.809. The van der Waals surface area contributed by atoms with Gasteiger partial charge in [0.25, 0.3) is 0 Å². The number of anilines is 1. The number of hydrogen-bond donors (Lipinski definition) is 2. The lowest BCUT2D eigenvalue weighted by molar-refractivity contribution is 0.739. The highest BCUT2D eigenvalue weighted by Crippen LogP contribution is 2.13. The molecule has 2 nitrogen and oxygen atoms in total. The van der Waals surface area contributed by atoms with Crippen LogP contribution in [0.2, 0.25) is 0 Å². The molecule has 1 aromatic rings.